The normalized spacial score (nSPS) is 23.6. The summed E-state index contributed by atoms with van der Waals surface area (Å²) >= 11 is 0. The molecule has 5 rings (SSSR count). The van der Waals surface area contributed by atoms with Gasteiger partial charge in [-0.05, 0) is 74.8 Å². The molecule has 0 saturated carbocycles. The van der Waals surface area contributed by atoms with E-state index in [1.54, 1.807) is 7.11 Å². The van der Waals surface area contributed by atoms with Gasteiger partial charge in [0.25, 0.3) is 0 Å². The van der Waals surface area contributed by atoms with Gasteiger partial charge in [-0.2, -0.15) is 0 Å². The Balaban J connectivity index is 1.35. The number of esters is 1. The van der Waals surface area contributed by atoms with E-state index in [1.807, 2.05) is 25.7 Å². The molecule has 9 heteroatoms. The third-order valence-corrected chi connectivity index (χ3v) is 8.76. The van der Waals surface area contributed by atoms with Gasteiger partial charge in [-0.1, -0.05) is 24.3 Å². The molecule has 0 aromatic heterocycles. The third kappa shape index (κ3) is 6.84. The van der Waals surface area contributed by atoms with Crippen LogP contribution in [-0.4, -0.2) is 85.8 Å². The highest BCUT2D eigenvalue weighted by molar-refractivity contribution is 5.81. The first kappa shape index (κ1) is 30.6. The second-order valence-electron chi connectivity index (χ2n) is 12.9. The van der Waals surface area contributed by atoms with Crippen molar-refractivity contribution in [3.05, 3.63) is 70.3 Å². The summed E-state index contributed by atoms with van der Waals surface area (Å²) in [4.78, 5) is 31.5. The van der Waals surface area contributed by atoms with E-state index in [0.717, 1.165) is 30.9 Å². The number of ether oxygens (including phenoxy) is 2. The second-order valence-corrected chi connectivity index (χ2v) is 12.9. The van der Waals surface area contributed by atoms with Crippen molar-refractivity contribution in [3.63, 3.8) is 0 Å². The van der Waals surface area contributed by atoms with Gasteiger partial charge in [-0.25, -0.2) is 8.78 Å². The minimum Gasteiger partial charge on any atom is -0.459 e. The number of piperazine rings is 1. The van der Waals surface area contributed by atoms with Gasteiger partial charge in [0, 0.05) is 51.8 Å². The zero-order valence-corrected chi connectivity index (χ0v) is 25.1. The highest BCUT2D eigenvalue weighted by atomic mass is 19.1. The summed E-state index contributed by atoms with van der Waals surface area (Å²) in [5.74, 6) is -2.50. The highest BCUT2D eigenvalue weighted by Crippen LogP contribution is 2.33. The molecule has 1 N–H and O–H groups in total. The van der Waals surface area contributed by atoms with Crippen molar-refractivity contribution in [1.82, 2.24) is 15.1 Å². The summed E-state index contributed by atoms with van der Waals surface area (Å²) < 4.78 is 39.7. The van der Waals surface area contributed by atoms with E-state index in [1.165, 1.54) is 23.3 Å². The molecule has 42 heavy (non-hydrogen) atoms. The molecule has 228 valence electrons. The Morgan fingerprint density at radius 3 is 2.57 bits per heavy atom. The summed E-state index contributed by atoms with van der Waals surface area (Å²) in [5, 5.41) is 3.23. The molecule has 0 radical (unpaired) electrons. The minimum absolute atomic E-state index is 0.0807. The number of nitrogens with one attached hydrogen (secondary N) is 1. The molecule has 4 atom stereocenters. The number of hydrogen-bond donors (Lipinski definition) is 1. The summed E-state index contributed by atoms with van der Waals surface area (Å²) in [6, 6.07) is 9.29. The maximum atomic E-state index is 14.7. The number of aryl methyl sites for hydroxylation is 2. The molecule has 0 bridgehead atoms. The fourth-order valence-electron chi connectivity index (χ4n) is 6.77. The van der Waals surface area contributed by atoms with Crippen LogP contribution in [0.5, 0.6) is 0 Å². The molecular formula is C33H43F2N3O4. The maximum Gasteiger partial charge on any atom is 0.324 e. The van der Waals surface area contributed by atoms with Crippen molar-refractivity contribution < 1.29 is 27.8 Å². The molecule has 0 spiro atoms. The van der Waals surface area contributed by atoms with Crippen LogP contribution in [0.15, 0.2) is 36.4 Å². The average molecular weight is 584 g/mol. The van der Waals surface area contributed by atoms with E-state index in [0.29, 0.717) is 51.3 Å². The number of rotatable bonds is 8. The number of carbonyl (C=O) groups excluding carboxylic acids is 2. The molecule has 0 unspecified atom stereocenters. The standard InChI is InChI=1S/C33H43F2N3O4/c1-33(2,3)42-32(40)30(15-21-8-9-22-6-5-7-23(22)14-21)37-12-13-38(25(19-37)20-41-4)31(39)28-18-36-17-27(28)26-11-10-24(34)16-29(26)35/h8-11,14,16,25,27-28,30,36H,5-7,12-13,15,17-20H2,1-4H3/t25-,27+,28-,30+/m1/s1. The number of nitrogens with zero attached hydrogens (tertiary/aromatic N) is 2. The predicted molar refractivity (Wildman–Crippen MR) is 156 cm³/mol. The number of benzene rings is 2. The van der Waals surface area contributed by atoms with Gasteiger partial charge in [0.1, 0.15) is 23.3 Å². The molecule has 2 aromatic rings. The van der Waals surface area contributed by atoms with Crippen LogP contribution in [0.3, 0.4) is 0 Å². The summed E-state index contributed by atoms with van der Waals surface area (Å²) in [5.41, 5.74) is 3.58. The van der Waals surface area contributed by atoms with Gasteiger partial charge in [0.2, 0.25) is 5.91 Å². The molecule has 2 heterocycles. The van der Waals surface area contributed by atoms with Gasteiger partial charge in [-0.3, -0.25) is 14.5 Å². The molecule has 2 aromatic carbocycles. The average Bonchev–Trinajstić information content (AvgIpc) is 3.60. The van der Waals surface area contributed by atoms with Crippen LogP contribution >= 0.6 is 0 Å². The first-order valence-electron chi connectivity index (χ1n) is 15.1. The number of methoxy groups -OCH3 is 1. The molecule has 3 aliphatic rings. The zero-order valence-electron chi connectivity index (χ0n) is 25.1. The number of hydrogen-bond acceptors (Lipinski definition) is 6. The van der Waals surface area contributed by atoms with E-state index in [4.69, 9.17) is 9.47 Å². The van der Waals surface area contributed by atoms with Crippen LogP contribution in [0.4, 0.5) is 8.78 Å². The second kappa shape index (κ2) is 12.8. The van der Waals surface area contributed by atoms with Crippen LogP contribution in [0.25, 0.3) is 0 Å². The van der Waals surface area contributed by atoms with Crippen molar-refractivity contribution in [1.29, 1.82) is 0 Å². The molecule has 2 aliphatic heterocycles. The Labute approximate surface area is 247 Å². The van der Waals surface area contributed by atoms with Gasteiger partial charge < -0.3 is 19.7 Å². The van der Waals surface area contributed by atoms with Crippen molar-refractivity contribution >= 4 is 11.9 Å². The molecule has 2 fully saturated rings. The smallest absolute Gasteiger partial charge is 0.324 e. The van der Waals surface area contributed by atoms with Crippen LogP contribution in [-0.2, 0) is 38.3 Å². The number of halogens is 2. The van der Waals surface area contributed by atoms with Gasteiger partial charge >= 0.3 is 5.97 Å². The van der Waals surface area contributed by atoms with E-state index in [2.05, 4.69) is 28.4 Å². The minimum atomic E-state index is -0.638. The van der Waals surface area contributed by atoms with E-state index in [9.17, 15) is 18.4 Å². The lowest BCUT2D eigenvalue weighted by molar-refractivity contribution is -0.163. The van der Waals surface area contributed by atoms with Crippen molar-refractivity contribution in [2.24, 2.45) is 5.92 Å². The van der Waals surface area contributed by atoms with Crippen LogP contribution in [0.2, 0.25) is 0 Å². The Hall–Kier alpha value is -2.88. The van der Waals surface area contributed by atoms with Crippen molar-refractivity contribution in [2.75, 3.05) is 46.4 Å². The number of fused-ring (bicyclic) bond motifs is 1. The SMILES string of the molecule is COC[C@H]1CN([C@@H](Cc2ccc3c(c2)CCC3)C(=O)OC(C)(C)C)CCN1C(=O)[C@@H]1CNC[C@H]1c1ccc(F)cc1F. The first-order chi connectivity index (χ1) is 20.0. The largest absolute Gasteiger partial charge is 0.459 e. The lowest BCUT2D eigenvalue weighted by atomic mass is 9.87. The third-order valence-electron chi connectivity index (χ3n) is 8.76. The van der Waals surface area contributed by atoms with Crippen molar-refractivity contribution in [3.8, 4) is 0 Å². The van der Waals surface area contributed by atoms with Gasteiger partial charge in [0.05, 0.1) is 18.6 Å². The van der Waals surface area contributed by atoms with E-state index < -0.39 is 35.1 Å². The molecule has 2 saturated heterocycles. The van der Waals surface area contributed by atoms with E-state index >= 15 is 0 Å². The number of amides is 1. The fraction of sp³-hybridized carbons (Fsp3) is 0.576. The Morgan fingerprint density at radius 1 is 1.05 bits per heavy atom. The monoisotopic (exact) mass is 583 g/mol. The predicted octanol–water partition coefficient (Wildman–Crippen LogP) is 3.87. The maximum absolute atomic E-state index is 14.7. The van der Waals surface area contributed by atoms with Gasteiger partial charge in [0.15, 0.2) is 0 Å². The summed E-state index contributed by atoms with van der Waals surface area (Å²) in [6.07, 6.45) is 3.85. The lowest BCUT2D eigenvalue weighted by Crippen LogP contribution is -2.62. The summed E-state index contributed by atoms with van der Waals surface area (Å²) in [7, 11) is 1.60. The zero-order chi connectivity index (χ0) is 30.0. The van der Waals surface area contributed by atoms with Crippen LogP contribution in [0.1, 0.15) is 55.4 Å². The van der Waals surface area contributed by atoms with Gasteiger partial charge in [-0.15, -0.1) is 0 Å². The highest BCUT2D eigenvalue weighted by Gasteiger charge is 2.43. The van der Waals surface area contributed by atoms with E-state index in [-0.39, 0.29) is 17.9 Å². The molecule has 7 nitrogen and oxygen atoms in total. The first-order valence-corrected chi connectivity index (χ1v) is 15.1. The van der Waals surface area contributed by atoms with Crippen LogP contribution in [0, 0.1) is 17.6 Å². The summed E-state index contributed by atoms with van der Waals surface area (Å²) in [6.45, 7) is 8.13. The Morgan fingerprint density at radius 2 is 1.83 bits per heavy atom. The van der Waals surface area contributed by atoms with Crippen LogP contribution < -0.4 is 5.32 Å². The van der Waals surface area contributed by atoms with Crippen molar-refractivity contribution in [2.45, 2.75) is 70.1 Å². The Bertz CT molecular complexity index is 1300. The molecule has 1 aliphatic carbocycles. The number of carbonyl (C=O) groups is 2. The fourth-order valence-corrected chi connectivity index (χ4v) is 6.77. The molecule has 1 amide bonds. The molecular weight excluding hydrogens is 540 g/mol. The topological polar surface area (TPSA) is 71.1 Å². The quantitative estimate of drug-likeness (QED) is 0.476. The Kier molecular flexibility index (Phi) is 9.30. The lowest BCUT2D eigenvalue weighted by Gasteiger charge is -2.45.